The van der Waals surface area contributed by atoms with Gasteiger partial charge in [-0.1, -0.05) is 6.07 Å². The molecule has 0 spiro atoms. The van der Waals surface area contributed by atoms with Crippen molar-refractivity contribution in [2.45, 2.75) is 6.04 Å². The van der Waals surface area contributed by atoms with E-state index < -0.39 is 11.6 Å². The summed E-state index contributed by atoms with van der Waals surface area (Å²) in [6, 6.07) is 10.2. The molecule has 1 saturated heterocycles. The number of rotatable bonds is 3. The summed E-state index contributed by atoms with van der Waals surface area (Å²) < 4.78 is 40.2. The Balaban J connectivity index is 1.42. The van der Waals surface area contributed by atoms with E-state index in [0.717, 1.165) is 54.2 Å². The summed E-state index contributed by atoms with van der Waals surface area (Å²) in [5.74, 6) is -0.622. The van der Waals surface area contributed by atoms with E-state index in [-0.39, 0.29) is 17.0 Å². The zero-order valence-corrected chi connectivity index (χ0v) is 18.8. The quantitative estimate of drug-likeness (QED) is 0.494. The first kappa shape index (κ1) is 20.9. The summed E-state index contributed by atoms with van der Waals surface area (Å²) in [6.07, 6.45) is 1.56. The number of hydrogen-bond donors (Lipinski definition) is 1. The first-order valence-corrected chi connectivity index (χ1v) is 11.1. The number of ether oxygens (including phenoxy) is 2. The first-order chi connectivity index (χ1) is 16.5. The maximum absolute atomic E-state index is 14.7. The Morgan fingerprint density at radius 2 is 1.97 bits per heavy atom. The van der Waals surface area contributed by atoms with Gasteiger partial charge in [-0.2, -0.15) is 5.10 Å². The van der Waals surface area contributed by atoms with E-state index in [9.17, 15) is 8.78 Å². The lowest BCUT2D eigenvalue weighted by atomic mass is 10.0. The van der Waals surface area contributed by atoms with Gasteiger partial charge in [0.2, 0.25) is 0 Å². The molecule has 2 aromatic heterocycles. The predicted molar refractivity (Wildman–Crippen MR) is 125 cm³/mol. The number of fused-ring (bicyclic) bond motifs is 4. The number of benzene rings is 2. The average molecular weight is 463 g/mol. The number of aromatic nitrogens is 3. The van der Waals surface area contributed by atoms with Gasteiger partial charge in [0.05, 0.1) is 41.8 Å². The summed E-state index contributed by atoms with van der Waals surface area (Å²) in [5.41, 5.74) is 3.56. The zero-order valence-electron chi connectivity index (χ0n) is 18.8. The molecule has 9 heteroatoms. The molecule has 0 aliphatic carbocycles. The van der Waals surface area contributed by atoms with Crippen molar-refractivity contribution in [3.05, 3.63) is 54.2 Å². The largest absolute Gasteiger partial charge is 0.493 e. The number of H-pyrrole nitrogens is 1. The Bertz CT molecular complexity index is 1410. The van der Waals surface area contributed by atoms with Gasteiger partial charge in [-0.15, -0.1) is 0 Å². The van der Waals surface area contributed by atoms with E-state index in [1.165, 1.54) is 7.11 Å². The van der Waals surface area contributed by atoms with Crippen molar-refractivity contribution in [2.24, 2.45) is 0 Å². The number of piperazine rings is 1. The van der Waals surface area contributed by atoms with E-state index in [2.05, 4.69) is 38.1 Å². The molecule has 34 heavy (non-hydrogen) atoms. The minimum Gasteiger partial charge on any atom is -0.493 e. The number of nitrogens with zero attached hydrogens (tertiary/aromatic N) is 4. The van der Waals surface area contributed by atoms with Crippen molar-refractivity contribution in [2.75, 3.05) is 45.3 Å². The fourth-order valence-corrected chi connectivity index (χ4v) is 4.92. The van der Waals surface area contributed by atoms with Crippen LogP contribution in [-0.2, 0) is 0 Å². The molecule has 0 bridgehead atoms. The number of pyridine rings is 1. The third-order valence-corrected chi connectivity index (χ3v) is 6.63. The van der Waals surface area contributed by atoms with Crippen molar-refractivity contribution < 1.29 is 18.3 Å². The smallest absolute Gasteiger partial charge is 0.166 e. The highest BCUT2D eigenvalue weighted by Crippen LogP contribution is 2.40. The van der Waals surface area contributed by atoms with Crippen LogP contribution in [0.15, 0.2) is 42.6 Å². The van der Waals surface area contributed by atoms with Crippen LogP contribution < -0.4 is 14.4 Å². The highest BCUT2D eigenvalue weighted by Gasteiger charge is 2.32. The topological polar surface area (TPSA) is 66.5 Å². The second-order valence-electron chi connectivity index (χ2n) is 8.73. The minimum atomic E-state index is -0.651. The predicted octanol–water partition coefficient (Wildman–Crippen LogP) is 4.09. The first-order valence-electron chi connectivity index (χ1n) is 11.1. The van der Waals surface area contributed by atoms with Crippen molar-refractivity contribution in [1.29, 1.82) is 0 Å². The van der Waals surface area contributed by atoms with Gasteiger partial charge < -0.3 is 19.3 Å². The molecule has 2 aliphatic rings. The second kappa shape index (κ2) is 7.95. The molecule has 0 saturated carbocycles. The van der Waals surface area contributed by atoms with Gasteiger partial charge in [-0.25, -0.2) is 8.78 Å². The van der Waals surface area contributed by atoms with E-state index in [1.54, 1.807) is 12.3 Å². The van der Waals surface area contributed by atoms with Crippen molar-refractivity contribution in [3.63, 3.8) is 0 Å². The molecule has 1 atom stereocenters. The van der Waals surface area contributed by atoms with Gasteiger partial charge >= 0.3 is 0 Å². The molecule has 2 aliphatic heterocycles. The van der Waals surface area contributed by atoms with Crippen molar-refractivity contribution in [3.8, 4) is 34.0 Å². The van der Waals surface area contributed by atoms with Gasteiger partial charge in [0, 0.05) is 30.6 Å². The van der Waals surface area contributed by atoms with Gasteiger partial charge in [0.25, 0.3) is 0 Å². The third kappa shape index (κ3) is 3.27. The lowest BCUT2D eigenvalue weighted by molar-refractivity contribution is 0.188. The highest BCUT2D eigenvalue weighted by molar-refractivity contribution is 5.95. The molecule has 2 aromatic carbocycles. The maximum Gasteiger partial charge on any atom is 0.166 e. The van der Waals surface area contributed by atoms with E-state index in [4.69, 9.17) is 9.47 Å². The number of hydrogen-bond acceptors (Lipinski definition) is 6. The van der Waals surface area contributed by atoms with Crippen LogP contribution >= 0.6 is 0 Å². The molecular weight excluding hydrogens is 440 g/mol. The minimum absolute atomic E-state index is 0.0218. The molecule has 1 N–H and O–H groups in total. The van der Waals surface area contributed by atoms with Crippen LogP contribution in [0.1, 0.15) is 0 Å². The Kier molecular flexibility index (Phi) is 4.88. The van der Waals surface area contributed by atoms with Crippen LogP contribution in [-0.4, -0.2) is 66.5 Å². The molecule has 0 amide bonds. The zero-order chi connectivity index (χ0) is 23.4. The van der Waals surface area contributed by atoms with Crippen LogP contribution in [0.2, 0.25) is 0 Å². The van der Waals surface area contributed by atoms with Crippen LogP contribution in [0.5, 0.6) is 11.5 Å². The average Bonchev–Trinajstić information content (AvgIpc) is 3.27. The molecular formula is C25H23F2N5O2. The lowest BCUT2D eigenvalue weighted by Crippen LogP contribution is -2.56. The summed E-state index contributed by atoms with van der Waals surface area (Å²) in [6.45, 7) is 3.58. The van der Waals surface area contributed by atoms with Gasteiger partial charge in [-0.3, -0.25) is 10.1 Å². The number of likely N-dealkylation sites (N-methyl/N-ethyl adjacent to an activating group) is 1. The van der Waals surface area contributed by atoms with Crippen LogP contribution in [0.3, 0.4) is 0 Å². The molecule has 4 heterocycles. The van der Waals surface area contributed by atoms with E-state index in [1.807, 2.05) is 12.1 Å². The Hall–Kier alpha value is -3.72. The van der Waals surface area contributed by atoms with Crippen molar-refractivity contribution in [1.82, 2.24) is 20.1 Å². The summed E-state index contributed by atoms with van der Waals surface area (Å²) in [7, 11) is 3.44. The van der Waals surface area contributed by atoms with Crippen LogP contribution in [0.25, 0.3) is 33.4 Å². The third-order valence-electron chi connectivity index (χ3n) is 6.63. The lowest BCUT2D eigenvalue weighted by Gasteiger charge is -2.44. The number of aromatic amines is 1. The fourth-order valence-electron chi connectivity index (χ4n) is 4.92. The monoisotopic (exact) mass is 463 g/mol. The maximum atomic E-state index is 14.7. The van der Waals surface area contributed by atoms with Gasteiger partial charge in [0.1, 0.15) is 23.9 Å². The van der Waals surface area contributed by atoms with Gasteiger partial charge in [-0.05, 0) is 37.4 Å². The Morgan fingerprint density at radius 1 is 1.12 bits per heavy atom. The Labute approximate surface area is 194 Å². The molecule has 1 fully saturated rings. The van der Waals surface area contributed by atoms with Crippen LogP contribution in [0, 0.1) is 11.6 Å². The standard InChI is InChI=1S/C25H23F2N5O2/c1-31-7-8-32-15(12-31)13-34-22-9-14(3-6-21(22)32)24-16-10-19(28-11-20(16)29-30-24)23-17(26)4-5-18(27)25(23)33-2/h3-6,9-11,15H,7-8,12-13H2,1-2H3,(H,29,30). The molecule has 7 nitrogen and oxygen atoms in total. The summed E-state index contributed by atoms with van der Waals surface area (Å²) in [4.78, 5) is 9.05. The van der Waals surface area contributed by atoms with E-state index >= 15 is 0 Å². The SMILES string of the molecule is COc1c(F)ccc(F)c1-c1cc2c(-c3ccc4c(c3)OCC3CN(C)CCN43)n[nH]c2cn1. The second-order valence-corrected chi connectivity index (χ2v) is 8.73. The molecule has 4 aromatic rings. The number of anilines is 1. The fraction of sp³-hybridized carbons (Fsp3) is 0.280. The molecule has 0 radical (unpaired) electrons. The molecule has 174 valence electrons. The number of methoxy groups -OCH3 is 1. The molecule has 6 rings (SSSR count). The summed E-state index contributed by atoms with van der Waals surface area (Å²) >= 11 is 0. The number of nitrogens with one attached hydrogen (secondary N) is 1. The van der Waals surface area contributed by atoms with Crippen LogP contribution in [0.4, 0.5) is 14.5 Å². The Morgan fingerprint density at radius 3 is 2.82 bits per heavy atom. The molecule has 1 unspecified atom stereocenters. The highest BCUT2D eigenvalue weighted by atomic mass is 19.1. The normalized spacial score (nSPS) is 17.9. The van der Waals surface area contributed by atoms with E-state index in [0.29, 0.717) is 23.9 Å². The summed E-state index contributed by atoms with van der Waals surface area (Å²) in [5, 5.41) is 8.20. The van der Waals surface area contributed by atoms with Crippen molar-refractivity contribution >= 4 is 16.6 Å². The number of halogens is 2. The van der Waals surface area contributed by atoms with Gasteiger partial charge in [0.15, 0.2) is 11.6 Å².